The number of amides is 1. The molecule has 1 amide bonds. The Morgan fingerprint density at radius 2 is 1.79 bits per heavy atom. The van der Waals surface area contributed by atoms with Crippen molar-refractivity contribution < 1.29 is 24.2 Å². The van der Waals surface area contributed by atoms with E-state index < -0.39 is 11.9 Å². The van der Waals surface area contributed by atoms with E-state index in [0.717, 1.165) is 38.5 Å². The highest BCUT2D eigenvalue weighted by Crippen LogP contribution is 2.75. The predicted octanol–water partition coefficient (Wildman–Crippen LogP) is 7.13. The largest absolute Gasteiger partial charge is 0.481 e. The van der Waals surface area contributed by atoms with Crippen molar-refractivity contribution in [2.45, 2.75) is 125 Å². The molecule has 4 aliphatic carbocycles. The van der Waals surface area contributed by atoms with Gasteiger partial charge in [-0.1, -0.05) is 74.0 Å². The Balaban J connectivity index is 1.46. The van der Waals surface area contributed by atoms with Crippen molar-refractivity contribution in [2.24, 2.45) is 62.6 Å². The van der Waals surface area contributed by atoms with Gasteiger partial charge in [0.25, 0.3) is 5.91 Å². The fraction of sp³-hybridized carbons (Fsp3) is 0.857. The molecule has 0 spiro atoms. The third-order valence-corrected chi connectivity index (χ3v) is 17.2. The molecule has 1 aliphatic heterocycles. The Labute approximate surface area is 313 Å². The standard InChI is InChI=1S/C42H69N5O5/c1-25(2)27(5)37(6)18-19-39(8)28-14-15-31-38(7)21-51-23-42(31,29(28)16-17-40(39,9)32(37)36(49)50)20-30(47-24-44-34(45-47)35(48)43-11)33(38)52-22-41(10,26(3)4)46(12)13/h16,24-28,30-33H,14-15,17-23H2,1-13H3,(H,43,48)(H,49,50)/t27-,28+,30-,31+,32-,33+,37-,38+,39-,40+,41+,42?/m1/s1. The summed E-state index contributed by atoms with van der Waals surface area (Å²) in [6.07, 6.45) is 9.56. The molecule has 4 fully saturated rings. The fourth-order valence-corrected chi connectivity index (χ4v) is 12.9. The SMILES string of the molecule is CNC(=O)c1ncn([C@@H]2CC34COC[C@@](C)([C@@H]3CC[C@H]3C4=CC[C@@]4(C)[C@H](C(=O)O)[C@@](C)([C@H](C)C(C)C)CC[C@]34C)[C@H]2OC[C@@](C)(C(C)C)N(C)C)n1. The van der Waals surface area contributed by atoms with Gasteiger partial charge in [-0.3, -0.25) is 9.59 Å². The molecule has 10 heteroatoms. The Bertz CT molecular complexity index is 1560. The van der Waals surface area contributed by atoms with Crippen LogP contribution in [0.15, 0.2) is 18.0 Å². The third-order valence-electron chi connectivity index (χ3n) is 17.2. The molecule has 1 aromatic heterocycles. The summed E-state index contributed by atoms with van der Waals surface area (Å²) >= 11 is 0. The van der Waals surface area contributed by atoms with E-state index in [-0.39, 0.29) is 62.4 Å². The summed E-state index contributed by atoms with van der Waals surface area (Å²) in [5, 5.41) is 18.6. The summed E-state index contributed by atoms with van der Waals surface area (Å²) in [6.45, 7) is 24.7. The van der Waals surface area contributed by atoms with Crippen LogP contribution in [-0.2, 0) is 14.3 Å². The molecule has 0 aromatic carbocycles. The first-order chi connectivity index (χ1) is 24.2. The number of carboxylic acids is 1. The van der Waals surface area contributed by atoms with Crippen LogP contribution in [-0.4, -0.2) is 89.3 Å². The summed E-state index contributed by atoms with van der Waals surface area (Å²) in [6, 6.07) is -0.163. The second-order valence-corrected chi connectivity index (χ2v) is 19.9. The number of aromatic nitrogens is 3. The molecule has 1 aromatic rings. The minimum Gasteiger partial charge on any atom is -0.481 e. The molecule has 52 heavy (non-hydrogen) atoms. The number of likely N-dealkylation sites (N-methyl/N-ethyl adjacent to an activating group) is 1. The monoisotopic (exact) mass is 724 g/mol. The highest BCUT2D eigenvalue weighted by atomic mass is 16.5. The zero-order valence-corrected chi connectivity index (χ0v) is 34.5. The fourth-order valence-electron chi connectivity index (χ4n) is 12.9. The Hall–Kier alpha value is -2.30. The lowest BCUT2D eigenvalue weighted by molar-refractivity contribution is -0.255. The second kappa shape index (κ2) is 13.2. The van der Waals surface area contributed by atoms with Crippen LogP contribution in [0.4, 0.5) is 0 Å². The van der Waals surface area contributed by atoms with E-state index in [1.807, 2.05) is 4.68 Å². The molecule has 5 aliphatic rings. The van der Waals surface area contributed by atoms with E-state index in [9.17, 15) is 14.7 Å². The first-order valence-corrected chi connectivity index (χ1v) is 20.1. The number of nitrogens with one attached hydrogen (secondary N) is 1. The zero-order chi connectivity index (χ0) is 38.4. The van der Waals surface area contributed by atoms with Crippen LogP contribution in [0.25, 0.3) is 0 Å². The van der Waals surface area contributed by atoms with Gasteiger partial charge in [-0.25, -0.2) is 9.67 Å². The van der Waals surface area contributed by atoms with Crippen molar-refractivity contribution in [3.05, 3.63) is 23.8 Å². The molecule has 3 saturated carbocycles. The lowest BCUT2D eigenvalue weighted by Gasteiger charge is -2.71. The summed E-state index contributed by atoms with van der Waals surface area (Å²) in [7, 11) is 5.86. The van der Waals surface area contributed by atoms with Crippen molar-refractivity contribution >= 4 is 11.9 Å². The van der Waals surface area contributed by atoms with Crippen molar-refractivity contribution in [3.63, 3.8) is 0 Å². The van der Waals surface area contributed by atoms with Gasteiger partial charge in [-0.05, 0) is 105 Å². The number of hydrogen-bond acceptors (Lipinski definition) is 7. The molecule has 292 valence electrons. The second-order valence-electron chi connectivity index (χ2n) is 19.9. The molecule has 2 bridgehead atoms. The number of aliphatic carboxylic acids is 1. The average molecular weight is 724 g/mol. The highest BCUT2D eigenvalue weighted by Gasteiger charge is 2.72. The number of fused-ring (bicyclic) bond motifs is 3. The number of allylic oxidation sites excluding steroid dienone is 1. The van der Waals surface area contributed by atoms with Crippen molar-refractivity contribution in [3.8, 4) is 0 Å². The molecule has 1 saturated heterocycles. The van der Waals surface area contributed by atoms with Gasteiger partial charge >= 0.3 is 5.97 Å². The number of nitrogens with zero attached hydrogens (tertiary/aromatic N) is 4. The summed E-state index contributed by atoms with van der Waals surface area (Å²) in [5.74, 6) is 0.458. The quantitative estimate of drug-likeness (QED) is 0.245. The Kier molecular flexibility index (Phi) is 9.98. The van der Waals surface area contributed by atoms with Gasteiger partial charge in [-0.2, -0.15) is 0 Å². The summed E-state index contributed by atoms with van der Waals surface area (Å²) < 4.78 is 15.9. The normalized spacial score (nSPS) is 41.8. The first kappa shape index (κ1) is 39.4. The van der Waals surface area contributed by atoms with E-state index in [2.05, 4.69) is 105 Å². The maximum absolute atomic E-state index is 13.5. The predicted molar refractivity (Wildman–Crippen MR) is 203 cm³/mol. The number of ether oxygens (including phenoxy) is 2. The van der Waals surface area contributed by atoms with Crippen LogP contribution in [0.5, 0.6) is 0 Å². The lowest BCUT2D eigenvalue weighted by Crippen LogP contribution is -2.69. The number of hydrogen-bond donors (Lipinski definition) is 2. The molecule has 6 rings (SSSR count). The molecular formula is C42H69N5O5. The van der Waals surface area contributed by atoms with Crippen LogP contribution in [0.1, 0.15) is 124 Å². The van der Waals surface area contributed by atoms with Crippen LogP contribution < -0.4 is 5.32 Å². The Morgan fingerprint density at radius 3 is 2.38 bits per heavy atom. The van der Waals surface area contributed by atoms with Gasteiger partial charge < -0.3 is 24.8 Å². The highest BCUT2D eigenvalue weighted by molar-refractivity contribution is 5.89. The van der Waals surface area contributed by atoms with Gasteiger partial charge in [0.15, 0.2) is 0 Å². The smallest absolute Gasteiger partial charge is 0.307 e. The van der Waals surface area contributed by atoms with E-state index in [4.69, 9.17) is 14.6 Å². The van der Waals surface area contributed by atoms with Gasteiger partial charge in [0.05, 0.1) is 37.9 Å². The first-order valence-electron chi connectivity index (χ1n) is 20.1. The zero-order valence-electron chi connectivity index (χ0n) is 34.5. The topological polar surface area (TPSA) is 119 Å². The van der Waals surface area contributed by atoms with Crippen LogP contribution in [0.2, 0.25) is 0 Å². The molecule has 1 unspecified atom stereocenters. The van der Waals surface area contributed by atoms with E-state index in [1.165, 1.54) is 5.57 Å². The molecular weight excluding hydrogens is 654 g/mol. The van der Waals surface area contributed by atoms with Crippen molar-refractivity contribution in [1.29, 1.82) is 0 Å². The maximum atomic E-state index is 13.5. The van der Waals surface area contributed by atoms with Crippen LogP contribution in [0.3, 0.4) is 0 Å². The van der Waals surface area contributed by atoms with Crippen molar-refractivity contribution in [1.82, 2.24) is 25.0 Å². The maximum Gasteiger partial charge on any atom is 0.307 e. The molecule has 10 nitrogen and oxygen atoms in total. The number of rotatable bonds is 10. The number of carboxylic acid groups (broad SMARTS) is 1. The van der Waals surface area contributed by atoms with E-state index >= 15 is 0 Å². The van der Waals surface area contributed by atoms with Crippen LogP contribution in [0, 0.1) is 62.6 Å². The van der Waals surface area contributed by atoms with Gasteiger partial charge in [-0.15, -0.1) is 5.10 Å². The molecule has 2 heterocycles. The molecule has 2 N–H and O–H groups in total. The average Bonchev–Trinajstić information content (AvgIpc) is 3.57. The summed E-state index contributed by atoms with van der Waals surface area (Å²) in [4.78, 5) is 33.0. The minimum atomic E-state index is -0.636. The molecule has 0 radical (unpaired) electrons. The number of carbonyl (C=O) groups is 2. The van der Waals surface area contributed by atoms with Crippen LogP contribution >= 0.6 is 0 Å². The van der Waals surface area contributed by atoms with Gasteiger partial charge in [0, 0.05) is 23.4 Å². The van der Waals surface area contributed by atoms with Crippen molar-refractivity contribution in [2.75, 3.05) is 41.0 Å². The van der Waals surface area contributed by atoms with E-state index in [0.29, 0.717) is 43.5 Å². The van der Waals surface area contributed by atoms with E-state index in [1.54, 1.807) is 13.4 Å². The lowest BCUT2D eigenvalue weighted by atomic mass is 9.34. The molecule has 12 atom stereocenters. The summed E-state index contributed by atoms with van der Waals surface area (Å²) in [5.41, 5.74) is -0.114. The van der Waals surface area contributed by atoms with Gasteiger partial charge in [0.2, 0.25) is 5.82 Å². The third kappa shape index (κ3) is 5.41. The minimum absolute atomic E-state index is 0.162. The Morgan fingerprint density at radius 1 is 1.10 bits per heavy atom. The van der Waals surface area contributed by atoms with Gasteiger partial charge in [0.1, 0.15) is 6.33 Å². The number of carbonyl (C=O) groups excluding carboxylic acids is 1.